The van der Waals surface area contributed by atoms with Gasteiger partial charge in [0.1, 0.15) is 0 Å². The van der Waals surface area contributed by atoms with Gasteiger partial charge in [0.15, 0.2) is 0 Å². The van der Waals surface area contributed by atoms with Gasteiger partial charge in [0.2, 0.25) is 5.91 Å². The Kier molecular flexibility index (Phi) is 6.51. The van der Waals surface area contributed by atoms with Crippen LogP contribution < -0.4 is 10.2 Å². The first-order valence-electron chi connectivity index (χ1n) is 9.87. The van der Waals surface area contributed by atoms with Crippen LogP contribution in [-0.2, 0) is 17.8 Å². The Bertz CT molecular complexity index is 779. The van der Waals surface area contributed by atoms with E-state index in [1.807, 2.05) is 0 Å². The Morgan fingerprint density at radius 3 is 2.48 bits per heavy atom. The van der Waals surface area contributed by atoms with Crippen molar-refractivity contribution in [2.45, 2.75) is 33.2 Å². The number of likely N-dealkylation sites (N-methyl/N-ethyl adjacent to an activating group) is 1. The third kappa shape index (κ3) is 5.33. The third-order valence-electron chi connectivity index (χ3n) is 5.43. The van der Waals surface area contributed by atoms with Crippen molar-refractivity contribution in [3.8, 4) is 0 Å². The van der Waals surface area contributed by atoms with Crippen molar-refractivity contribution in [2.24, 2.45) is 0 Å². The van der Waals surface area contributed by atoms with Crippen LogP contribution in [-0.4, -0.2) is 44.0 Å². The summed E-state index contributed by atoms with van der Waals surface area (Å²) in [4.78, 5) is 17.1. The zero-order valence-corrected chi connectivity index (χ0v) is 16.8. The van der Waals surface area contributed by atoms with E-state index in [0.717, 1.165) is 32.6 Å². The van der Waals surface area contributed by atoms with Crippen LogP contribution in [0.5, 0.6) is 0 Å². The van der Waals surface area contributed by atoms with Crippen molar-refractivity contribution >= 4 is 11.6 Å². The molecule has 2 aromatic rings. The van der Waals surface area contributed by atoms with E-state index in [1.165, 1.54) is 27.9 Å². The third-order valence-corrected chi connectivity index (χ3v) is 5.43. The number of rotatable bonds is 6. The largest absolute Gasteiger partial charge is 0.369 e. The van der Waals surface area contributed by atoms with Gasteiger partial charge in [-0.15, -0.1) is 0 Å². The van der Waals surface area contributed by atoms with Crippen LogP contribution in [0.3, 0.4) is 0 Å². The molecule has 4 heteroatoms. The van der Waals surface area contributed by atoms with Gasteiger partial charge in [0, 0.05) is 44.8 Å². The molecule has 4 nitrogen and oxygen atoms in total. The first-order valence-corrected chi connectivity index (χ1v) is 9.87. The van der Waals surface area contributed by atoms with Crippen LogP contribution in [0, 0.1) is 13.8 Å². The number of carbonyl (C=O) groups is 1. The zero-order valence-electron chi connectivity index (χ0n) is 16.8. The van der Waals surface area contributed by atoms with Crippen LogP contribution in [0.25, 0.3) is 0 Å². The second kappa shape index (κ2) is 9.05. The van der Waals surface area contributed by atoms with Crippen LogP contribution >= 0.6 is 0 Å². The van der Waals surface area contributed by atoms with Gasteiger partial charge < -0.3 is 15.1 Å². The molecule has 1 fully saturated rings. The minimum atomic E-state index is 0.114. The normalized spacial score (nSPS) is 15.0. The number of anilines is 1. The monoisotopic (exact) mass is 365 g/mol. The fraction of sp³-hybridized carbons (Fsp3) is 0.435. The van der Waals surface area contributed by atoms with E-state index < -0.39 is 0 Å². The summed E-state index contributed by atoms with van der Waals surface area (Å²) >= 11 is 0. The fourth-order valence-electron chi connectivity index (χ4n) is 3.67. The lowest BCUT2D eigenvalue weighted by molar-refractivity contribution is -0.121. The Hall–Kier alpha value is -2.33. The number of hydrogen-bond acceptors (Lipinski definition) is 3. The van der Waals surface area contributed by atoms with E-state index in [-0.39, 0.29) is 5.91 Å². The predicted octanol–water partition coefficient (Wildman–Crippen LogP) is 3.30. The van der Waals surface area contributed by atoms with Crippen molar-refractivity contribution < 1.29 is 4.79 Å². The molecule has 144 valence electrons. The van der Waals surface area contributed by atoms with Gasteiger partial charge in [-0.1, -0.05) is 42.0 Å². The van der Waals surface area contributed by atoms with Crippen LogP contribution in [0.2, 0.25) is 0 Å². The lowest BCUT2D eigenvalue weighted by Crippen LogP contribution is -2.45. The highest BCUT2D eigenvalue weighted by atomic mass is 16.1. The molecule has 0 unspecified atom stereocenters. The van der Waals surface area contributed by atoms with Crippen molar-refractivity contribution in [1.29, 1.82) is 0 Å². The summed E-state index contributed by atoms with van der Waals surface area (Å²) in [6.45, 7) is 9.04. The number of para-hydroxylation sites is 1. The molecule has 0 spiro atoms. The molecule has 1 aliphatic rings. The van der Waals surface area contributed by atoms with Gasteiger partial charge in [0.25, 0.3) is 0 Å². The summed E-state index contributed by atoms with van der Waals surface area (Å²) < 4.78 is 0. The summed E-state index contributed by atoms with van der Waals surface area (Å²) in [5, 5.41) is 3.11. The van der Waals surface area contributed by atoms with E-state index in [4.69, 9.17) is 0 Å². The Labute approximate surface area is 163 Å². The average molecular weight is 366 g/mol. The van der Waals surface area contributed by atoms with Crippen molar-refractivity contribution in [2.75, 3.05) is 38.1 Å². The van der Waals surface area contributed by atoms with Gasteiger partial charge in [-0.2, -0.15) is 0 Å². The molecule has 1 heterocycles. The van der Waals surface area contributed by atoms with Crippen LogP contribution in [0.4, 0.5) is 5.69 Å². The lowest BCUT2D eigenvalue weighted by Gasteiger charge is -2.35. The number of carbonyl (C=O) groups excluding carboxylic acids is 1. The molecule has 1 N–H and O–H groups in total. The molecule has 1 saturated heterocycles. The SMILES string of the molecule is Cc1ccc(CCC(=O)NCc2ccccc2N2CCN(C)CC2)c(C)c1. The van der Waals surface area contributed by atoms with Gasteiger partial charge >= 0.3 is 0 Å². The second-order valence-electron chi connectivity index (χ2n) is 7.63. The van der Waals surface area contributed by atoms with Crippen LogP contribution in [0.15, 0.2) is 42.5 Å². The molecule has 2 aromatic carbocycles. The van der Waals surface area contributed by atoms with E-state index in [0.29, 0.717) is 13.0 Å². The number of benzene rings is 2. The number of aryl methyl sites for hydroxylation is 3. The minimum Gasteiger partial charge on any atom is -0.369 e. The molecule has 27 heavy (non-hydrogen) atoms. The fourth-order valence-corrected chi connectivity index (χ4v) is 3.67. The first kappa shape index (κ1) is 19.4. The molecule has 0 bridgehead atoms. The molecule has 1 aliphatic heterocycles. The lowest BCUT2D eigenvalue weighted by atomic mass is 10.0. The van der Waals surface area contributed by atoms with Crippen molar-refractivity contribution in [3.05, 3.63) is 64.7 Å². The van der Waals surface area contributed by atoms with Gasteiger partial charge in [0.05, 0.1) is 0 Å². The zero-order chi connectivity index (χ0) is 19.2. The number of hydrogen-bond donors (Lipinski definition) is 1. The average Bonchev–Trinajstić information content (AvgIpc) is 2.66. The highest BCUT2D eigenvalue weighted by Crippen LogP contribution is 2.21. The van der Waals surface area contributed by atoms with Gasteiger partial charge in [-0.3, -0.25) is 4.79 Å². The Balaban J connectivity index is 1.54. The molecule has 3 rings (SSSR count). The summed E-state index contributed by atoms with van der Waals surface area (Å²) in [7, 11) is 2.17. The van der Waals surface area contributed by atoms with Crippen molar-refractivity contribution in [1.82, 2.24) is 10.2 Å². The second-order valence-corrected chi connectivity index (χ2v) is 7.63. The molecule has 0 radical (unpaired) electrons. The van der Waals surface area contributed by atoms with E-state index in [9.17, 15) is 4.79 Å². The maximum atomic E-state index is 12.4. The first-order chi connectivity index (χ1) is 13.0. The number of nitrogens with zero attached hydrogens (tertiary/aromatic N) is 2. The molecular formula is C23H31N3O. The molecule has 0 atom stereocenters. The number of amides is 1. The summed E-state index contributed by atoms with van der Waals surface area (Å²) in [6.07, 6.45) is 1.32. The van der Waals surface area contributed by atoms with E-state index in [1.54, 1.807) is 0 Å². The Morgan fingerprint density at radius 2 is 1.74 bits per heavy atom. The molecular weight excluding hydrogens is 334 g/mol. The van der Waals surface area contributed by atoms with Crippen LogP contribution in [0.1, 0.15) is 28.7 Å². The highest BCUT2D eigenvalue weighted by Gasteiger charge is 2.16. The smallest absolute Gasteiger partial charge is 0.220 e. The Morgan fingerprint density at radius 1 is 1.00 bits per heavy atom. The maximum Gasteiger partial charge on any atom is 0.220 e. The summed E-state index contributed by atoms with van der Waals surface area (Å²) in [5.41, 5.74) is 6.24. The quantitative estimate of drug-likeness (QED) is 0.853. The van der Waals surface area contributed by atoms with Gasteiger partial charge in [-0.05, 0) is 50.1 Å². The molecule has 0 aliphatic carbocycles. The molecule has 0 saturated carbocycles. The minimum absolute atomic E-state index is 0.114. The number of piperazine rings is 1. The number of nitrogens with one attached hydrogen (secondary N) is 1. The van der Waals surface area contributed by atoms with Gasteiger partial charge in [-0.25, -0.2) is 0 Å². The molecule has 1 amide bonds. The summed E-state index contributed by atoms with van der Waals surface area (Å²) in [5.74, 6) is 0.114. The van der Waals surface area contributed by atoms with Crippen molar-refractivity contribution in [3.63, 3.8) is 0 Å². The molecule has 0 aromatic heterocycles. The maximum absolute atomic E-state index is 12.4. The topological polar surface area (TPSA) is 35.6 Å². The van der Waals surface area contributed by atoms with E-state index >= 15 is 0 Å². The standard InChI is InChI=1S/C23H31N3O/c1-18-8-9-20(19(2)16-18)10-11-23(27)24-17-21-6-4-5-7-22(21)26-14-12-25(3)13-15-26/h4-9,16H,10-15,17H2,1-3H3,(H,24,27). The highest BCUT2D eigenvalue weighted by molar-refractivity contribution is 5.76. The van der Waals surface area contributed by atoms with E-state index in [2.05, 4.69) is 78.5 Å². The summed E-state index contributed by atoms with van der Waals surface area (Å²) in [6, 6.07) is 14.9. The predicted molar refractivity (Wildman–Crippen MR) is 112 cm³/mol.